The van der Waals surface area contributed by atoms with Gasteiger partial charge in [-0.25, -0.2) is 9.59 Å². The van der Waals surface area contributed by atoms with E-state index in [1.54, 1.807) is 18.2 Å². The Balaban J connectivity index is 2.27. The zero-order chi connectivity index (χ0) is 22.4. The number of methoxy groups -OCH3 is 1. The largest absolute Gasteiger partial charge is 0.465 e. The van der Waals surface area contributed by atoms with Crippen LogP contribution in [0.2, 0.25) is 18.1 Å². The highest BCUT2D eigenvalue weighted by Crippen LogP contribution is 2.40. The molecule has 0 heterocycles. The van der Waals surface area contributed by atoms with E-state index in [9.17, 15) is 9.59 Å². The zero-order valence-corrected chi connectivity index (χ0v) is 20.2. The first-order valence-corrected chi connectivity index (χ1v) is 13.6. The fourth-order valence-electron chi connectivity index (χ4n) is 2.32. The third-order valence-corrected chi connectivity index (χ3v) is 10.9. The molecule has 0 aliphatic rings. The number of ether oxygens (including phenoxy) is 2. The van der Waals surface area contributed by atoms with Crippen LogP contribution in [0.4, 0.5) is 0 Å². The van der Waals surface area contributed by atoms with Gasteiger partial charge in [0.1, 0.15) is 6.61 Å². The molecule has 0 aliphatic heterocycles. The van der Waals surface area contributed by atoms with Crippen molar-refractivity contribution in [1.82, 2.24) is 0 Å². The molecule has 30 heavy (non-hydrogen) atoms. The molecule has 5 nitrogen and oxygen atoms in total. The van der Waals surface area contributed by atoms with Gasteiger partial charge in [-0.2, -0.15) is 0 Å². The number of carbonyl (C=O) groups is 2. The lowest BCUT2D eigenvalue weighted by Crippen LogP contribution is -2.45. The molecule has 1 unspecified atom stereocenters. The lowest BCUT2D eigenvalue weighted by atomic mass is 10.2. The van der Waals surface area contributed by atoms with Gasteiger partial charge in [0, 0.05) is 4.90 Å². The SMILES string of the molecule is COC(=O)c1ccccc1SC(O[Si](C)(C)C(C)(C)C)C(=O)OCc1ccccc1. The number of hydrogen-bond donors (Lipinski definition) is 0. The predicted molar refractivity (Wildman–Crippen MR) is 122 cm³/mol. The molecule has 0 N–H and O–H groups in total. The van der Waals surface area contributed by atoms with Crippen molar-refractivity contribution in [2.24, 2.45) is 0 Å². The molecule has 1 atom stereocenters. The second-order valence-corrected chi connectivity index (χ2v) is 14.3. The van der Waals surface area contributed by atoms with Gasteiger partial charge >= 0.3 is 11.9 Å². The summed E-state index contributed by atoms with van der Waals surface area (Å²) in [7, 11) is -0.949. The lowest BCUT2D eigenvalue weighted by Gasteiger charge is -2.38. The molecular weight excluding hydrogens is 416 g/mol. The van der Waals surface area contributed by atoms with Crippen LogP contribution in [0.1, 0.15) is 36.7 Å². The molecule has 0 amide bonds. The summed E-state index contributed by atoms with van der Waals surface area (Å²) in [5.41, 5.74) is 0.405. The minimum Gasteiger partial charge on any atom is -0.465 e. The van der Waals surface area contributed by atoms with Crippen LogP contribution in [0.5, 0.6) is 0 Å². The number of esters is 2. The van der Waals surface area contributed by atoms with Gasteiger partial charge in [0.15, 0.2) is 13.8 Å². The molecule has 0 aliphatic carbocycles. The first-order valence-electron chi connectivity index (χ1n) is 9.77. The van der Waals surface area contributed by atoms with Crippen LogP contribution in [0.25, 0.3) is 0 Å². The molecule has 0 spiro atoms. The number of hydrogen-bond acceptors (Lipinski definition) is 6. The third kappa shape index (κ3) is 6.45. The summed E-state index contributed by atoms with van der Waals surface area (Å²) in [4.78, 5) is 25.8. The maximum Gasteiger partial charge on any atom is 0.345 e. The van der Waals surface area contributed by atoms with E-state index in [0.29, 0.717) is 10.5 Å². The molecule has 0 bridgehead atoms. The van der Waals surface area contributed by atoms with Gasteiger partial charge in [-0.15, -0.1) is 0 Å². The maximum atomic E-state index is 13.0. The summed E-state index contributed by atoms with van der Waals surface area (Å²) in [6, 6.07) is 16.5. The fraction of sp³-hybridized carbons (Fsp3) is 0.391. The van der Waals surface area contributed by atoms with Gasteiger partial charge in [0.05, 0.1) is 12.7 Å². The Morgan fingerprint density at radius 2 is 1.60 bits per heavy atom. The van der Waals surface area contributed by atoms with Crippen molar-refractivity contribution in [1.29, 1.82) is 0 Å². The fourth-order valence-corrected chi connectivity index (χ4v) is 5.05. The van der Waals surface area contributed by atoms with Crippen molar-refractivity contribution in [2.75, 3.05) is 7.11 Å². The third-order valence-electron chi connectivity index (χ3n) is 5.15. The Morgan fingerprint density at radius 3 is 2.20 bits per heavy atom. The van der Waals surface area contributed by atoms with Crippen molar-refractivity contribution < 1.29 is 23.5 Å². The topological polar surface area (TPSA) is 61.8 Å². The van der Waals surface area contributed by atoms with E-state index in [4.69, 9.17) is 13.9 Å². The van der Waals surface area contributed by atoms with Gasteiger partial charge in [0.2, 0.25) is 0 Å². The number of thioether (sulfide) groups is 1. The molecule has 0 aromatic heterocycles. The number of benzene rings is 2. The quantitative estimate of drug-likeness (QED) is 0.226. The second kappa shape index (κ2) is 10.3. The Morgan fingerprint density at radius 1 is 1.00 bits per heavy atom. The normalized spacial score (nSPS) is 12.9. The maximum absolute atomic E-state index is 13.0. The highest BCUT2D eigenvalue weighted by atomic mass is 32.2. The minimum atomic E-state index is -2.28. The van der Waals surface area contributed by atoms with Gasteiger partial charge in [0.25, 0.3) is 0 Å². The molecule has 0 radical (unpaired) electrons. The molecule has 0 saturated carbocycles. The summed E-state index contributed by atoms with van der Waals surface area (Å²) in [6.45, 7) is 10.7. The van der Waals surface area contributed by atoms with Crippen LogP contribution in [0.3, 0.4) is 0 Å². The van der Waals surface area contributed by atoms with Gasteiger partial charge in [-0.1, -0.05) is 75.0 Å². The highest BCUT2D eigenvalue weighted by molar-refractivity contribution is 8.00. The van der Waals surface area contributed by atoms with Gasteiger partial charge in [-0.05, 0) is 35.8 Å². The molecular formula is C23H30O5SSi. The second-order valence-electron chi connectivity index (χ2n) is 8.41. The van der Waals surface area contributed by atoms with Gasteiger partial charge < -0.3 is 13.9 Å². The van der Waals surface area contributed by atoms with Crippen molar-refractivity contribution in [3.8, 4) is 0 Å². The van der Waals surface area contributed by atoms with Crippen LogP contribution in [-0.2, 0) is 25.3 Å². The van der Waals surface area contributed by atoms with E-state index in [0.717, 1.165) is 5.56 Å². The van der Waals surface area contributed by atoms with Crippen molar-refractivity contribution in [3.63, 3.8) is 0 Å². The van der Waals surface area contributed by atoms with Gasteiger partial charge in [-0.3, -0.25) is 0 Å². The van der Waals surface area contributed by atoms with Crippen molar-refractivity contribution in [2.45, 2.75) is 55.8 Å². The molecule has 0 fully saturated rings. The molecule has 162 valence electrons. The molecule has 7 heteroatoms. The van der Waals surface area contributed by atoms with E-state index in [1.165, 1.54) is 18.9 Å². The Hall–Kier alpha value is -2.09. The van der Waals surface area contributed by atoms with E-state index >= 15 is 0 Å². The molecule has 2 rings (SSSR count). The summed E-state index contributed by atoms with van der Waals surface area (Å²) in [5.74, 6) is -0.921. The van der Waals surface area contributed by atoms with Crippen molar-refractivity contribution >= 4 is 32.0 Å². The average molecular weight is 447 g/mol. The predicted octanol–water partition coefficient (Wildman–Crippen LogP) is 5.66. The standard InChI is InChI=1S/C23H30O5SSi/c1-23(2,3)30(5,6)28-22(21(25)27-16-17-12-8-7-9-13-17)29-19-15-11-10-14-18(19)20(24)26-4/h7-15,22H,16H2,1-6H3. The van der Waals surface area contributed by atoms with Crippen LogP contribution in [0, 0.1) is 0 Å². The zero-order valence-electron chi connectivity index (χ0n) is 18.4. The van der Waals surface area contributed by atoms with E-state index in [2.05, 4.69) is 33.9 Å². The monoisotopic (exact) mass is 446 g/mol. The van der Waals surface area contributed by atoms with Crippen LogP contribution in [-0.4, -0.2) is 32.8 Å². The summed E-state index contributed by atoms with van der Waals surface area (Å²) in [6.07, 6.45) is 0. The highest BCUT2D eigenvalue weighted by Gasteiger charge is 2.41. The molecule has 2 aromatic carbocycles. The van der Waals surface area contributed by atoms with Crippen LogP contribution < -0.4 is 0 Å². The van der Waals surface area contributed by atoms with E-state index in [-0.39, 0.29) is 11.6 Å². The summed E-state index contributed by atoms with van der Waals surface area (Å²) < 4.78 is 16.8. The minimum absolute atomic E-state index is 0.0899. The first-order chi connectivity index (χ1) is 14.0. The number of rotatable bonds is 8. The summed E-state index contributed by atoms with van der Waals surface area (Å²) >= 11 is 1.18. The molecule has 2 aromatic rings. The van der Waals surface area contributed by atoms with Crippen LogP contribution >= 0.6 is 11.8 Å². The first kappa shape index (κ1) is 24.2. The Kier molecular flexibility index (Phi) is 8.29. The smallest absolute Gasteiger partial charge is 0.345 e. The van der Waals surface area contributed by atoms with E-state index in [1.807, 2.05) is 36.4 Å². The average Bonchev–Trinajstić information content (AvgIpc) is 2.71. The van der Waals surface area contributed by atoms with E-state index < -0.39 is 25.7 Å². The lowest BCUT2D eigenvalue weighted by molar-refractivity contribution is -0.149. The summed E-state index contributed by atoms with van der Waals surface area (Å²) in [5, 5.41) is -0.0899. The van der Waals surface area contributed by atoms with Crippen LogP contribution in [0.15, 0.2) is 59.5 Å². The Bertz CT molecular complexity index is 861. The number of carbonyl (C=O) groups excluding carboxylic acids is 2. The Labute approximate surface area is 184 Å². The molecule has 0 saturated heterocycles. The van der Waals surface area contributed by atoms with Crippen molar-refractivity contribution in [3.05, 3.63) is 65.7 Å².